The molecule has 1 heterocycles. The number of hydrogen-bond acceptors (Lipinski definition) is 3. The van der Waals surface area contributed by atoms with Crippen molar-refractivity contribution >= 4 is 32.4 Å². The number of aromatic nitrogens is 1. The molecule has 1 atom stereocenters. The number of rotatable bonds is 4. The third-order valence-electron chi connectivity index (χ3n) is 1.75. The van der Waals surface area contributed by atoms with Gasteiger partial charge in [-0.25, -0.2) is 4.98 Å². The smallest absolute Gasteiger partial charge is 0.185 e. The van der Waals surface area contributed by atoms with E-state index in [4.69, 9.17) is 0 Å². The van der Waals surface area contributed by atoms with Gasteiger partial charge in [0.1, 0.15) is 0 Å². The summed E-state index contributed by atoms with van der Waals surface area (Å²) in [5.41, 5.74) is 1.19. The van der Waals surface area contributed by atoms with E-state index in [1.165, 1.54) is 5.69 Å². The molecule has 1 aromatic heterocycles. The van der Waals surface area contributed by atoms with Crippen LogP contribution in [0.3, 0.4) is 0 Å². The lowest BCUT2D eigenvalue weighted by molar-refractivity contribution is 0.866. The summed E-state index contributed by atoms with van der Waals surface area (Å²) in [6.07, 6.45) is 1.02. The van der Waals surface area contributed by atoms with Crippen LogP contribution in [0.15, 0.2) is 5.38 Å². The van der Waals surface area contributed by atoms with Gasteiger partial charge in [0.05, 0.1) is 5.69 Å². The first-order valence-electron chi connectivity index (χ1n) is 4.43. The Kier molecular flexibility index (Phi) is 4.19. The molecule has 0 radical (unpaired) electrons. The van der Waals surface area contributed by atoms with Gasteiger partial charge in [-0.05, 0) is 6.42 Å². The summed E-state index contributed by atoms with van der Waals surface area (Å²) >= 11 is 5.25. The van der Waals surface area contributed by atoms with Gasteiger partial charge < -0.3 is 4.90 Å². The molecule has 0 N–H and O–H groups in total. The number of nitrogens with zero attached hydrogens (tertiary/aromatic N) is 2. The topological polar surface area (TPSA) is 16.1 Å². The second kappa shape index (κ2) is 4.96. The molecular formula is C9H15BrN2S. The summed E-state index contributed by atoms with van der Waals surface area (Å²) in [5, 5.41) is 3.24. The molecule has 0 spiro atoms. The van der Waals surface area contributed by atoms with Crippen molar-refractivity contribution < 1.29 is 0 Å². The molecule has 0 saturated heterocycles. The molecule has 0 aromatic carbocycles. The lowest BCUT2D eigenvalue weighted by Gasteiger charge is -2.16. The predicted molar refractivity (Wildman–Crippen MR) is 63.2 cm³/mol. The van der Waals surface area contributed by atoms with E-state index in [1.54, 1.807) is 11.3 Å². The van der Waals surface area contributed by atoms with Gasteiger partial charge in [-0.1, -0.05) is 29.8 Å². The fourth-order valence-electron chi connectivity index (χ4n) is 1.09. The van der Waals surface area contributed by atoms with Crippen LogP contribution in [0.25, 0.3) is 0 Å². The molecule has 0 aliphatic heterocycles. The van der Waals surface area contributed by atoms with Crippen LogP contribution in [0.4, 0.5) is 5.13 Å². The van der Waals surface area contributed by atoms with Gasteiger partial charge in [0, 0.05) is 23.8 Å². The minimum atomic E-state index is 0.506. The molecule has 13 heavy (non-hydrogen) atoms. The molecule has 74 valence electrons. The van der Waals surface area contributed by atoms with Crippen molar-refractivity contribution in [3.05, 3.63) is 11.1 Å². The van der Waals surface area contributed by atoms with Gasteiger partial charge in [0.25, 0.3) is 0 Å². The van der Waals surface area contributed by atoms with Crippen LogP contribution in [0.2, 0.25) is 0 Å². The average Bonchev–Trinajstić information content (AvgIpc) is 2.50. The number of aryl methyl sites for hydroxylation is 1. The summed E-state index contributed by atoms with van der Waals surface area (Å²) in [5.74, 6) is 0. The van der Waals surface area contributed by atoms with E-state index in [1.807, 2.05) is 0 Å². The highest BCUT2D eigenvalue weighted by Crippen LogP contribution is 2.20. The number of halogens is 1. The van der Waals surface area contributed by atoms with Gasteiger partial charge in [-0.2, -0.15) is 0 Å². The van der Waals surface area contributed by atoms with Crippen LogP contribution in [0.5, 0.6) is 0 Å². The second-order valence-electron chi connectivity index (χ2n) is 3.14. The summed E-state index contributed by atoms with van der Waals surface area (Å²) in [6.45, 7) is 5.27. The number of anilines is 1. The number of thiazole rings is 1. The predicted octanol–water partition coefficient (Wildman–Crippen LogP) is 2.93. The molecule has 2 nitrogen and oxygen atoms in total. The Morgan fingerprint density at radius 3 is 2.85 bits per heavy atom. The first-order chi connectivity index (χ1) is 6.13. The maximum Gasteiger partial charge on any atom is 0.185 e. The van der Waals surface area contributed by atoms with E-state index < -0.39 is 0 Å². The van der Waals surface area contributed by atoms with Gasteiger partial charge in [-0.15, -0.1) is 11.3 Å². The van der Waals surface area contributed by atoms with E-state index in [2.05, 4.69) is 52.1 Å². The fraction of sp³-hybridized carbons (Fsp3) is 0.667. The van der Waals surface area contributed by atoms with Crippen LogP contribution in [-0.4, -0.2) is 23.4 Å². The highest BCUT2D eigenvalue weighted by atomic mass is 79.9. The quantitative estimate of drug-likeness (QED) is 0.776. The molecule has 0 aliphatic carbocycles. The van der Waals surface area contributed by atoms with Crippen molar-refractivity contribution in [1.29, 1.82) is 0 Å². The molecule has 1 aromatic rings. The van der Waals surface area contributed by atoms with Crippen LogP contribution in [0.1, 0.15) is 19.5 Å². The van der Waals surface area contributed by atoms with Crippen LogP contribution in [-0.2, 0) is 6.42 Å². The first kappa shape index (κ1) is 11.0. The summed E-state index contributed by atoms with van der Waals surface area (Å²) in [6, 6.07) is 0. The molecule has 0 bridgehead atoms. The molecule has 0 fully saturated rings. The van der Waals surface area contributed by atoms with Crippen LogP contribution in [0, 0.1) is 0 Å². The highest BCUT2D eigenvalue weighted by Gasteiger charge is 2.07. The number of hydrogen-bond donors (Lipinski definition) is 0. The SMILES string of the molecule is CCc1csc(N(C)CC(C)Br)n1. The second-order valence-corrected chi connectivity index (χ2v) is 5.54. The molecule has 0 saturated carbocycles. The Labute approximate surface area is 92.1 Å². The Balaban J connectivity index is 2.60. The maximum atomic E-state index is 4.51. The zero-order valence-electron chi connectivity index (χ0n) is 8.25. The summed E-state index contributed by atoms with van der Waals surface area (Å²) in [7, 11) is 2.08. The van der Waals surface area contributed by atoms with Gasteiger partial charge >= 0.3 is 0 Å². The Hall–Kier alpha value is -0.0900. The lowest BCUT2D eigenvalue weighted by Crippen LogP contribution is -2.23. The van der Waals surface area contributed by atoms with E-state index in [0.717, 1.165) is 18.1 Å². The van der Waals surface area contributed by atoms with E-state index >= 15 is 0 Å². The molecule has 0 aliphatic rings. The zero-order valence-corrected chi connectivity index (χ0v) is 10.7. The van der Waals surface area contributed by atoms with Crippen molar-refractivity contribution in [2.45, 2.75) is 25.1 Å². The van der Waals surface area contributed by atoms with E-state index in [-0.39, 0.29) is 0 Å². The van der Waals surface area contributed by atoms with Crippen molar-refractivity contribution in [3.8, 4) is 0 Å². The van der Waals surface area contributed by atoms with Crippen molar-refractivity contribution in [1.82, 2.24) is 4.98 Å². The molecule has 4 heteroatoms. The maximum absolute atomic E-state index is 4.51. The van der Waals surface area contributed by atoms with Crippen LogP contribution >= 0.6 is 27.3 Å². The summed E-state index contributed by atoms with van der Waals surface area (Å²) < 4.78 is 0. The van der Waals surface area contributed by atoms with E-state index in [0.29, 0.717) is 4.83 Å². The minimum absolute atomic E-state index is 0.506. The number of alkyl halides is 1. The van der Waals surface area contributed by atoms with Crippen molar-refractivity contribution in [2.24, 2.45) is 0 Å². The monoisotopic (exact) mass is 262 g/mol. The standard InChI is InChI=1S/C9H15BrN2S/c1-4-8-6-13-9(11-8)12(3)5-7(2)10/h6-7H,4-5H2,1-3H3. The molecule has 0 amide bonds. The molecule has 1 rings (SSSR count). The van der Waals surface area contributed by atoms with Gasteiger partial charge in [-0.3, -0.25) is 0 Å². The average molecular weight is 263 g/mol. The Bertz CT molecular complexity index is 260. The van der Waals surface area contributed by atoms with E-state index in [9.17, 15) is 0 Å². The Morgan fingerprint density at radius 1 is 1.69 bits per heavy atom. The normalized spacial score (nSPS) is 12.9. The summed E-state index contributed by atoms with van der Waals surface area (Å²) in [4.78, 5) is 7.20. The molecular weight excluding hydrogens is 248 g/mol. The zero-order chi connectivity index (χ0) is 9.84. The lowest BCUT2D eigenvalue weighted by atomic mass is 10.4. The minimum Gasteiger partial charge on any atom is -0.350 e. The third kappa shape index (κ3) is 3.27. The Morgan fingerprint density at radius 2 is 2.38 bits per heavy atom. The van der Waals surface area contributed by atoms with Crippen LogP contribution < -0.4 is 4.90 Å². The highest BCUT2D eigenvalue weighted by molar-refractivity contribution is 9.09. The van der Waals surface area contributed by atoms with Gasteiger partial charge in [0.2, 0.25) is 0 Å². The van der Waals surface area contributed by atoms with Crippen molar-refractivity contribution in [2.75, 3.05) is 18.5 Å². The third-order valence-corrected chi connectivity index (χ3v) is 3.05. The largest absolute Gasteiger partial charge is 0.350 e. The fourth-order valence-corrected chi connectivity index (χ4v) is 2.41. The van der Waals surface area contributed by atoms with Crippen molar-refractivity contribution in [3.63, 3.8) is 0 Å². The molecule has 1 unspecified atom stereocenters. The first-order valence-corrected chi connectivity index (χ1v) is 6.22. The van der Waals surface area contributed by atoms with Gasteiger partial charge in [0.15, 0.2) is 5.13 Å².